The van der Waals surface area contributed by atoms with Gasteiger partial charge >= 0.3 is 5.97 Å². The van der Waals surface area contributed by atoms with Crippen LogP contribution in [0.25, 0.3) is 0 Å². The molecule has 0 bridgehead atoms. The molecule has 1 saturated heterocycles. The van der Waals surface area contributed by atoms with Crippen LogP contribution in [-0.4, -0.2) is 48.8 Å². The summed E-state index contributed by atoms with van der Waals surface area (Å²) < 4.78 is 4.53. The fraction of sp³-hybridized carbons (Fsp3) is 0.750. The van der Waals surface area contributed by atoms with Crippen LogP contribution in [0.5, 0.6) is 0 Å². The van der Waals surface area contributed by atoms with Crippen molar-refractivity contribution in [2.24, 2.45) is 5.92 Å². The van der Waals surface area contributed by atoms with Crippen LogP contribution in [0.3, 0.4) is 0 Å². The molecule has 1 rings (SSSR count). The first-order chi connectivity index (χ1) is 7.69. The van der Waals surface area contributed by atoms with E-state index >= 15 is 0 Å². The summed E-state index contributed by atoms with van der Waals surface area (Å²) in [6.45, 7) is 4.37. The fourth-order valence-electron chi connectivity index (χ4n) is 1.93. The molecule has 4 heteroatoms. The number of esters is 1. The minimum atomic E-state index is -0.968. The summed E-state index contributed by atoms with van der Waals surface area (Å²) in [6, 6.07) is 0. The number of methoxy groups -OCH3 is 1. The molecule has 1 aliphatic rings. The van der Waals surface area contributed by atoms with Gasteiger partial charge in [-0.3, -0.25) is 4.90 Å². The third-order valence-corrected chi connectivity index (χ3v) is 3.00. The number of carbonyl (C=O) groups is 1. The van der Waals surface area contributed by atoms with E-state index in [9.17, 15) is 9.90 Å². The molecule has 0 spiro atoms. The van der Waals surface area contributed by atoms with Crippen LogP contribution in [0, 0.1) is 17.8 Å². The summed E-state index contributed by atoms with van der Waals surface area (Å²) in [5.74, 6) is 5.38. The van der Waals surface area contributed by atoms with Crippen molar-refractivity contribution >= 4 is 5.97 Å². The Bertz CT molecular complexity index is 284. The number of likely N-dealkylation sites (tertiary alicyclic amines) is 1. The van der Waals surface area contributed by atoms with Crippen molar-refractivity contribution in [2.45, 2.75) is 25.9 Å². The van der Waals surface area contributed by atoms with E-state index in [1.165, 1.54) is 7.11 Å². The van der Waals surface area contributed by atoms with Gasteiger partial charge in [-0.2, -0.15) is 0 Å². The molecule has 90 valence electrons. The van der Waals surface area contributed by atoms with Gasteiger partial charge in [0.2, 0.25) is 0 Å². The molecular formula is C12H19NO3. The van der Waals surface area contributed by atoms with Gasteiger partial charge in [0.1, 0.15) is 0 Å². The average molecular weight is 225 g/mol. The normalized spacial score (nSPS) is 19.7. The molecule has 0 aromatic heterocycles. The summed E-state index contributed by atoms with van der Waals surface area (Å²) >= 11 is 0. The maximum absolute atomic E-state index is 11.2. The second kappa shape index (κ2) is 6.51. The van der Waals surface area contributed by atoms with E-state index in [2.05, 4.69) is 21.5 Å². The smallest absolute Gasteiger partial charge is 0.334 e. The molecule has 0 saturated carbocycles. The minimum Gasteiger partial charge on any atom is -0.467 e. The molecule has 1 atom stereocenters. The number of carbonyl (C=O) groups excluding carboxylic acids is 1. The zero-order chi connectivity index (χ0) is 12.0. The zero-order valence-corrected chi connectivity index (χ0v) is 9.90. The molecule has 1 fully saturated rings. The van der Waals surface area contributed by atoms with E-state index in [1.54, 1.807) is 0 Å². The second-order valence-corrected chi connectivity index (χ2v) is 4.01. The Morgan fingerprint density at radius 1 is 1.56 bits per heavy atom. The topological polar surface area (TPSA) is 49.8 Å². The van der Waals surface area contributed by atoms with Crippen LogP contribution in [0.15, 0.2) is 0 Å². The van der Waals surface area contributed by atoms with Gasteiger partial charge < -0.3 is 9.84 Å². The van der Waals surface area contributed by atoms with Gasteiger partial charge in [0.25, 0.3) is 0 Å². The van der Waals surface area contributed by atoms with E-state index in [-0.39, 0.29) is 5.92 Å². The Balaban J connectivity index is 2.35. The van der Waals surface area contributed by atoms with Crippen molar-refractivity contribution in [1.29, 1.82) is 0 Å². The second-order valence-electron chi connectivity index (χ2n) is 4.01. The zero-order valence-electron chi connectivity index (χ0n) is 9.90. The summed E-state index contributed by atoms with van der Waals surface area (Å²) in [6.07, 6.45) is 0.674. The monoisotopic (exact) mass is 225 g/mol. The number of aliphatic hydroxyl groups excluding tert-OH is 1. The fourth-order valence-corrected chi connectivity index (χ4v) is 1.93. The number of nitrogens with zero attached hydrogens (tertiary/aromatic N) is 1. The van der Waals surface area contributed by atoms with Crippen molar-refractivity contribution < 1.29 is 14.6 Å². The van der Waals surface area contributed by atoms with E-state index in [0.29, 0.717) is 0 Å². The van der Waals surface area contributed by atoms with Crippen LogP contribution in [-0.2, 0) is 9.53 Å². The standard InChI is InChI=1S/C12H19NO3/c1-3-4-7-13-8-5-10(6-9-13)11(14)12(15)16-2/h10-11,14H,5-9H2,1-2H3. The van der Waals surface area contributed by atoms with E-state index in [1.807, 2.05) is 6.92 Å². The number of hydrogen-bond acceptors (Lipinski definition) is 4. The third kappa shape index (κ3) is 3.51. The Morgan fingerprint density at radius 2 is 2.19 bits per heavy atom. The highest BCUT2D eigenvalue weighted by atomic mass is 16.5. The lowest BCUT2D eigenvalue weighted by Crippen LogP contribution is -2.40. The first kappa shape index (κ1) is 13.0. The van der Waals surface area contributed by atoms with Crippen LogP contribution < -0.4 is 0 Å². The lowest BCUT2D eigenvalue weighted by Gasteiger charge is -2.32. The molecule has 1 unspecified atom stereocenters. The first-order valence-electron chi connectivity index (χ1n) is 5.57. The molecule has 1 aliphatic heterocycles. The molecule has 0 radical (unpaired) electrons. The van der Waals surface area contributed by atoms with Crippen molar-refractivity contribution in [1.82, 2.24) is 4.90 Å². The summed E-state index contributed by atoms with van der Waals surface area (Å²) in [5, 5.41) is 9.68. The van der Waals surface area contributed by atoms with Gasteiger partial charge in [-0.15, -0.1) is 5.92 Å². The Hall–Kier alpha value is -1.05. The van der Waals surface area contributed by atoms with Crippen LogP contribution in [0.2, 0.25) is 0 Å². The number of rotatable bonds is 3. The van der Waals surface area contributed by atoms with Gasteiger partial charge in [0, 0.05) is 0 Å². The van der Waals surface area contributed by atoms with Crippen molar-refractivity contribution in [3.8, 4) is 11.8 Å². The van der Waals surface area contributed by atoms with Gasteiger partial charge in [-0.05, 0) is 38.8 Å². The maximum Gasteiger partial charge on any atom is 0.334 e. The SMILES string of the molecule is CC#CCN1CCC(C(O)C(=O)OC)CC1. The summed E-state index contributed by atoms with van der Waals surface area (Å²) in [5.41, 5.74) is 0. The van der Waals surface area contributed by atoms with Crippen molar-refractivity contribution in [3.05, 3.63) is 0 Å². The molecular weight excluding hydrogens is 206 g/mol. The first-order valence-corrected chi connectivity index (χ1v) is 5.57. The summed E-state index contributed by atoms with van der Waals surface area (Å²) in [4.78, 5) is 13.4. The van der Waals surface area contributed by atoms with E-state index in [4.69, 9.17) is 0 Å². The molecule has 16 heavy (non-hydrogen) atoms. The molecule has 0 aliphatic carbocycles. The molecule has 0 aromatic rings. The Labute approximate surface area is 96.6 Å². The quantitative estimate of drug-likeness (QED) is 0.553. The van der Waals surface area contributed by atoms with Crippen LogP contribution in [0.4, 0.5) is 0 Å². The molecule has 0 aromatic carbocycles. The lowest BCUT2D eigenvalue weighted by molar-refractivity contribution is -0.154. The number of ether oxygens (including phenoxy) is 1. The van der Waals surface area contributed by atoms with Crippen LogP contribution >= 0.6 is 0 Å². The molecule has 4 nitrogen and oxygen atoms in total. The highest BCUT2D eigenvalue weighted by molar-refractivity contribution is 5.74. The maximum atomic E-state index is 11.2. The molecule has 1 heterocycles. The predicted octanol–water partition coefficient (Wildman–Crippen LogP) is 0.256. The highest BCUT2D eigenvalue weighted by Gasteiger charge is 2.29. The predicted molar refractivity (Wildman–Crippen MR) is 60.6 cm³/mol. The summed E-state index contributed by atoms with van der Waals surface area (Å²) in [7, 11) is 1.30. The molecule has 0 amide bonds. The van der Waals surface area contributed by atoms with E-state index in [0.717, 1.165) is 32.5 Å². The number of piperidine rings is 1. The average Bonchev–Trinajstić information content (AvgIpc) is 2.35. The lowest BCUT2D eigenvalue weighted by atomic mass is 9.91. The van der Waals surface area contributed by atoms with Gasteiger partial charge in [0.15, 0.2) is 6.10 Å². The van der Waals surface area contributed by atoms with Crippen molar-refractivity contribution in [2.75, 3.05) is 26.7 Å². The van der Waals surface area contributed by atoms with Crippen molar-refractivity contribution in [3.63, 3.8) is 0 Å². The van der Waals surface area contributed by atoms with Gasteiger partial charge in [-0.25, -0.2) is 4.79 Å². The number of hydrogen-bond donors (Lipinski definition) is 1. The largest absolute Gasteiger partial charge is 0.467 e. The third-order valence-electron chi connectivity index (χ3n) is 3.00. The Morgan fingerprint density at radius 3 is 2.69 bits per heavy atom. The number of aliphatic hydroxyl groups is 1. The Kier molecular flexibility index (Phi) is 5.30. The highest BCUT2D eigenvalue weighted by Crippen LogP contribution is 2.21. The van der Waals surface area contributed by atoms with Gasteiger partial charge in [-0.1, -0.05) is 5.92 Å². The van der Waals surface area contributed by atoms with E-state index < -0.39 is 12.1 Å². The van der Waals surface area contributed by atoms with Crippen LogP contribution in [0.1, 0.15) is 19.8 Å². The minimum absolute atomic E-state index is 0.0262. The van der Waals surface area contributed by atoms with Gasteiger partial charge in [0.05, 0.1) is 13.7 Å². The molecule has 1 N–H and O–H groups in total.